The molecule has 26 heavy (non-hydrogen) atoms. The second kappa shape index (κ2) is 8.40. The third kappa shape index (κ3) is 4.04. The zero-order valence-corrected chi connectivity index (χ0v) is 15.9. The molecule has 3 saturated heterocycles. The van der Waals surface area contributed by atoms with Gasteiger partial charge in [-0.2, -0.15) is 0 Å². The van der Waals surface area contributed by atoms with Gasteiger partial charge in [0, 0.05) is 38.1 Å². The van der Waals surface area contributed by atoms with E-state index in [2.05, 4.69) is 52.4 Å². The highest BCUT2D eigenvalue weighted by Crippen LogP contribution is 2.27. The molecule has 142 valence electrons. The Morgan fingerprint density at radius 3 is 2.92 bits per heavy atom. The molecular formula is C21H32N4O. The number of benzene rings is 1. The van der Waals surface area contributed by atoms with Crippen LogP contribution in [0.15, 0.2) is 35.3 Å². The summed E-state index contributed by atoms with van der Waals surface area (Å²) in [7, 11) is 0. The Balaban J connectivity index is 1.35. The first-order valence-electron chi connectivity index (χ1n) is 10.3. The summed E-state index contributed by atoms with van der Waals surface area (Å²) in [5.74, 6) is 1.66. The summed E-state index contributed by atoms with van der Waals surface area (Å²) in [5.41, 5.74) is 1.45. The van der Waals surface area contributed by atoms with Crippen molar-refractivity contribution in [3.05, 3.63) is 35.9 Å². The molecule has 0 radical (unpaired) electrons. The SMILES string of the molecule is CCNC(=NCC1CN2CCCC2CO1)N1CCC(c2ccccc2)C1. The van der Waals surface area contributed by atoms with E-state index in [1.807, 2.05) is 0 Å². The summed E-state index contributed by atoms with van der Waals surface area (Å²) in [6.07, 6.45) is 4.06. The zero-order chi connectivity index (χ0) is 17.8. The molecule has 5 nitrogen and oxygen atoms in total. The van der Waals surface area contributed by atoms with Gasteiger partial charge in [-0.1, -0.05) is 30.3 Å². The molecule has 1 aromatic carbocycles. The predicted octanol–water partition coefficient (Wildman–Crippen LogP) is 2.30. The van der Waals surface area contributed by atoms with Crippen LogP contribution >= 0.6 is 0 Å². The van der Waals surface area contributed by atoms with Crippen LogP contribution in [-0.2, 0) is 4.74 Å². The molecule has 3 unspecified atom stereocenters. The van der Waals surface area contributed by atoms with E-state index in [1.165, 1.54) is 31.4 Å². The van der Waals surface area contributed by atoms with Gasteiger partial charge in [-0.15, -0.1) is 0 Å². The lowest BCUT2D eigenvalue weighted by Crippen LogP contribution is -2.47. The maximum Gasteiger partial charge on any atom is 0.194 e. The molecule has 0 aromatic heterocycles. The molecule has 3 heterocycles. The third-order valence-corrected chi connectivity index (χ3v) is 6.00. The van der Waals surface area contributed by atoms with Gasteiger partial charge in [-0.3, -0.25) is 9.89 Å². The number of fused-ring (bicyclic) bond motifs is 1. The fourth-order valence-electron chi connectivity index (χ4n) is 4.56. The van der Waals surface area contributed by atoms with Crippen LogP contribution in [0.1, 0.15) is 37.7 Å². The average molecular weight is 357 g/mol. The van der Waals surface area contributed by atoms with Crippen molar-refractivity contribution in [2.24, 2.45) is 4.99 Å². The van der Waals surface area contributed by atoms with Gasteiger partial charge < -0.3 is 15.0 Å². The van der Waals surface area contributed by atoms with E-state index in [-0.39, 0.29) is 6.10 Å². The molecule has 0 amide bonds. The highest BCUT2D eigenvalue weighted by molar-refractivity contribution is 5.80. The summed E-state index contributed by atoms with van der Waals surface area (Å²) in [4.78, 5) is 9.96. The van der Waals surface area contributed by atoms with E-state index < -0.39 is 0 Å². The molecule has 0 spiro atoms. The van der Waals surface area contributed by atoms with E-state index in [0.717, 1.165) is 45.3 Å². The van der Waals surface area contributed by atoms with Crippen molar-refractivity contribution in [2.45, 2.75) is 44.2 Å². The van der Waals surface area contributed by atoms with Crippen LogP contribution in [0.2, 0.25) is 0 Å². The molecule has 4 rings (SSSR count). The van der Waals surface area contributed by atoms with E-state index >= 15 is 0 Å². The maximum absolute atomic E-state index is 6.08. The third-order valence-electron chi connectivity index (χ3n) is 6.00. The van der Waals surface area contributed by atoms with Crippen molar-refractivity contribution in [2.75, 3.05) is 45.9 Å². The van der Waals surface area contributed by atoms with Crippen molar-refractivity contribution in [3.8, 4) is 0 Å². The van der Waals surface area contributed by atoms with Crippen LogP contribution in [0.5, 0.6) is 0 Å². The van der Waals surface area contributed by atoms with Gasteiger partial charge in [0.15, 0.2) is 5.96 Å². The highest BCUT2D eigenvalue weighted by atomic mass is 16.5. The minimum absolute atomic E-state index is 0.241. The largest absolute Gasteiger partial charge is 0.373 e. The summed E-state index contributed by atoms with van der Waals surface area (Å²) < 4.78 is 6.08. The van der Waals surface area contributed by atoms with E-state index in [0.29, 0.717) is 12.0 Å². The number of nitrogens with one attached hydrogen (secondary N) is 1. The Labute approximate surface area is 157 Å². The number of guanidine groups is 1. The molecule has 3 aliphatic rings. The Hall–Kier alpha value is -1.59. The first kappa shape index (κ1) is 17.8. The summed E-state index contributed by atoms with van der Waals surface area (Å²) in [6.45, 7) is 9.10. The number of morpholine rings is 1. The Kier molecular flexibility index (Phi) is 5.75. The monoisotopic (exact) mass is 356 g/mol. The standard InChI is InChI=1S/C21H32N4O/c1-2-22-21(23-13-20-15-24-11-6-9-19(24)16-26-20)25-12-10-18(14-25)17-7-4-3-5-8-17/h3-5,7-8,18-20H,2,6,9-16H2,1H3,(H,22,23). The van der Waals surface area contributed by atoms with Crippen molar-refractivity contribution < 1.29 is 4.74 Å². The van der Waals surface area contributed by atoms with Gasteiger partial charge in [0.05, 0.1) is 19.3 Å². The van der Waals surface area contributed by atoms with E-state index in [1.54, 1.807) is 0 Å². The summed E-state index contributed by atoms with van der Waals surface area (Å²) in [6, 6.07) is 11.5. The number of ether oxygens (including phenoxy) is 1. The summed E-state index contributed by atoms with van der Waals surface area (Å²) >= 11 is 0. The van der Waals surface area contributed by atoms with Crippen LogP contribution in [0.4, 0.5) is 0 Å². The predicted molar refractivity (Wildman–Crippen MR) is 106 cm³/mol. The number of hydrogen-bond acceptors (Lipinski definition) is 3. The molecule has 5 heteroatoms. The molecule has 0 aliphatic carbocycles. The zero-order valence-electron chi connectivity index (χ0n) is 15.9. The molecule has 3 fully saturated rings. The lowest BCUT2D eigenvalue weighted by Gasteiger charge is -2.34. The molecule has 0 saturated carbocycles. The first-order valence-corrected chi connectivity index (χ1v) is 10.3. The molecule has 3 aliphatic heterocycles. The van der Waals surface area contributed by atoms with Gasteiger partial charge in [0.25, 0.3) is 0 Å². The minimum Gasteiger partial charge on any atom is -0.373 e. The molecule has 1 aromatic rings. The van der Waals surface area contributed by atoms with Crippen LogP contribution in [0.25, 0.3) is 0 Å². The smallest absolute Gasteiger partial charge is 0.194 e. The lowest BCUT2D eigenvalue weighted by molar-refractivity contribution is -0.0432. The van der Waals surface area contributed by atoms with Gasteiger partial charge >= 0.3 is 0 Å². The van der Waals surface area contributed by atoms with Crippen LogP contribution < -0.4 is 5.32 Å². The first-order chi connectivity index (χ1) is 12.8. The van der Waals surface area contributed by atoms with Crippen molar-refractivity contribution in [1.82, 2.24) is 15.1 Å². The number of rotatable bonds is 4. The van der Waals surface area contributed by atoms with Crippen molar-refractivity contribution in [1.29, 1.82) is 0 Å². The number of aliphatic imine (C=N–C) groups is 1. The average Bonchev–Trinajstić information content (AvgIpc) is 3.35. The molecule has 1 N–H and O–H groups in total. The van der Waals surface area contributed by atoms with Crippen LogP contribution in [0, 0.1) is 0 Å². The number of nitrogens with zero attached hydrogens (tertiary/aromatic N) is 3. The summed E-state index contributed by atoms with van der Waals surface area (Å²) in [5, 5.41) is 3.49. The Morgan fingerprint density at radius 1 is 1.19 bits per heavy atom. The Bertz CT molecular complexity index is 605. The van der Waals surface area contributed by atoms with Crippen LogP contribution in [-0.4, -0.2) is 73.8 Å². The number of likely N-dealkylation sites (tertiary alicyclic amines) is 1. The maximum atomic E-state index is 6.08. The van der Waals surface area contributed by atoms with Crippen LogP contribution in [0.3, 0.4) is 0 Å². The second-order valence-corrected chi connectivity index (χ2v) is 7.78. The fraction of sp³-hybridized carbons (Fsp3) is 0.667. The topological polar surface area (TPSA) is 40.1 Å². The minimum atomic E-state index is 0.241. The van der Waals surface area contributed by atoms with E-state index in [9.17, 15) is 0 Å². The van der Waals surface area contributed by atoms with Crippen molar-refractivity contribution in [3.63, 3.8) is 0 Å². The van der Waals surface area contributed by atoms with Gasteiger partial charge in [0.1, 0.15) is 0 Å². The lowest BCUT2D eigenvalue weighted by atomic mass is 9.99. The van der Waals surface area contributed by atoms with Gasteiger partial charge in [-0.05, 0) is 38.3 Å². The van der Waals surface area contributed by atoms with Gasteiger partial charge in [0.2, 0.25) is 0 Å². The van der Waals surface area contributed by atoms with Crippen molar-refractivity contribution >= 4 is 5.96 Å². The number of hydrogen-bond donors (Lipinski definition) is 1. The second-order valence-electron chi connectivity index (χ2n) is 7.78. The Morgan fingerprint density at radius 2 is 2.08 bits per heavy atom. The molecule has 0 bridgehead atoms. The highest BCUT2D eigenvalue weighted by Gasteiger charge is 2.32. The normalized spacial score (nSPS) is 29.8. The quantitative estimate of drug-likeness (QED) is 0.664. The molecular weight excluding hydrogens is 324 g/mol. The van der Waals surface area contributed by atoms with Gasteiger partial charge in [-0.25, -0.2) is 0 Å². The van der Waals surface area contributed by atoms with E-state index in [4.69, 9.17) is 9.73 Å². The fourth-order valence-corrected chi connectivity index (χ4v) is 4.56. The molecule has 3 atom stereocenters.